The zero-order chi connectivity index (χ0) is 21.4. The van der Waals surface area contributed by atoms with Crippen LogP contribution < -0.4 is 20.7 Å². The van der Waals surface area contributed by atoms with Crippen molar-refractivity contribution in [2.75, 3.05) is 32.6 Å². The van der Waals surface area contributed by atoms with Crippen molar-refractivity contribution in [2.45, 2.75) is 13.3 Å². The van der Waals surface area contributed by atoms with Crippen LogP contribution in [0.4, 0.5) is 18.9 Å². The number of amides is 1. The first kappa shape index (κ1) is 25.5. The van der Waals surface area contributed by atoms with Crippen molar-refractivity contribution in [2.24, 2.45) is 4.99 Å². The predicted octanol–water partition coefficient (Wildman–Crippen LogP) is 3.39. The number of benzene rings is 2. The van der Waals surface area contributed by atoms with Gasteiger partial charge in [-0.1, -0.05) is 12.1 Å². The number of carbonyl (C=O) groups is 1. The van der Waals surface area contributed by atoms with Gasteiger partial charge >= 0.3 is 0 Å². The average Bonchev–Trinajstić information content (AvgIpc) is 2.72. The monoisotopic (exact) mass is 536 g/mol. The number of nitrogens with zero attached hydrogens (tertiary/aromatic N) is 1. The van der Waals surface area contributed by atoms with Crippen molar-refractivity contribution >= 4 is 41.5 Å². The molecule has 0 radical (unpaired) electrons. The van der Waals surface area contributed by atoms with Crippen LogP contribution in [0.2, 0.25) is 0 Å². The molecule has 10 heteroatoms. The molecule has 0 saturated heterocycles. The van der Waals surface area contributed by atoms with E-state index < -0.39 is 29.0 Å². The van der Waals surface area contributed by atoms with Crippen LogP contribution in [0.1, 0.15) is 11.1 Å². The molecular weight excluding hydrogens is 512 g/mol. The van der Waals surface area contributed by atoms with Crippen LogP contribution in [-0.2, 0) is 11.2 Å². The number of guanidine groups is 1. The summed E-state index contributed by atoms with van der Waals surface area (Å²) in [6.07, 6.45) is 0.698. The summed E-state index contributed by atoms with van der Waals surface area (Å²) in [5.74, 6) is -3.87. The normalized spacial score (nSPS) is 10.8. The van der Waals surface area contributed by atoms with E-state index in [2.05, 4.69) is 20.9 Å². The third-order valence-corrected chi connectivity index (χ3v) is 4.13. The lowest BCUT2D eigenvalue weighted by molar-refractivity contribution is -0.115. The molecule has 2 rings (SSSR count). The van der Waals surface area contributed by atoms with E-state index in [1.165, 1.54) is 7.05 Å². The molecule has 2 aromatic rings. The van der Waals surface area contributed by atoms with E-state index in [-0.39, 0.29) is 30.5 Å². The molecule has 0 aliphatic heterocycles. The molecule has 0 unspecified atom stereocenters. The van der Waals surface area contributed by atoms with Crippen LogP contribution >= 0.6 is 24.0 Å². The maximum absolute atomic E-state index is 13.6. The number of carbonyl (C=O) groups excluding carboxylic acids is 1. The van der Waals surface area contributed by atoms with Gasteiger partial charge in [-0.15, -0.1) is 24.0 Å². The number of methoxy groups -OCH3 is 1. The lowest BCUT2D eigenvalue weighted by atomic mass is 10.1. The van der Waals surface area contributed by atoms with Gasteiger partial charge in [0.25, 0.3) is 0 Å². The van der Waals surface area contributed by atoms with E-state index in [1.807, 2.05) is 25.1 Å². The van der Waals surface area contributed by atoms with Crippen molar-refractivity contribution in [3.8, 4) is 5.75 Å². The molecule has 0 heterocycles. The zero-order valence-corrected chi connectivity index (χ0v) is 19.1. The van der Waals surface area contributed by atoms with Gasteiger partial charge in [0.05, 0.1) is 19.3 Å². The largest absolute Gasteiger partial charge is 0.496 e. The minimum absolute atomic E-state index is 0. The topological polar surface area (TPSA) is 74.8 Å². The molecule has 0 bridgehead atoms. The fraction of sp³-hybridized carbons (Fsp3) is 0.300. The Morgan fingerprint density at radius 1 is 1.10 bits per heavy atom. The van der Waals surface area contributed by atoms with Gasteiger partial charge in [0.1, 0.15) is 5.75 Å². The van der Waals surface area contributed by atoms with Gasteiger partial charge < -0.3 is 20.7 Å². The molecule has 0 atom stereocenters. The number of aryl methyl sites for hydroxylation is 1. The second-order valence-corrected chi connectivity index (χ2v) is 6.18. The highest BCUT2D eigenvalue weighted by Crippen LogP contribution is 2.20. The summed E-state index contributed by atoms with van der Waals surface area (Å²) in [4.78, 5) is 15.9. The summed E-state index contributed by atoms with van der Waals surface area (Å²) in [6, 6.07) is 7.62. The number of nitrogens with one attached hydrogen (secondary N) is 3. The van der Waals surface area contributed by atoms with Crippen LogP contribution in [0.25, 0.3) is 0 Å². The first-order valence-electron chi connectivity index (χ1n) is 8.87. The van der Waals surface area contributed by atoms with Gasteiger partial charge in [0.2, 0.25) is 5.91 Å². The molecule has 164 valence electrons. The van der Waals surface area contributed by atoms with Crippen LogP contribution in [-0.4, -0.2) is 39.1 Å². The Bertz CT molecular complexity index is 910. The fourth-order valence-corrected chi connectivity index (χ4v) is 2.55. The van der Waals surface area contributed by atoms with Crippen LogP contribution in [0, 0.1) is 24.4 Å². The van der Waals surface area contributed by atoms with E-state index in [4.69, 9.17) is 4.74 Å². The summed E-state index contributed by atoms with van der Waals surface area (Å²) in [5, 5.41) is 7.99. The minimum Gasteiger partial charge on any atom is -0.496 e. The summed E-state index contributed by atoms with van der Waals surface area (Å²) in [5.41, 5.74) is 1.68. The van der Waals surface area contributed by atoms with Crippen molar-refractivity contribution in [1.82, 2.24) is 10.6 Å². The summed E-state index contributed by atoms with van der Waals surface area (Å²) >= 11 is 0. The van der Waals surface area contributed by atoms with E-state index in [0.29, 0.717) is 18.9 Å². The molecule has 6 nitrogen and oxygen atoms in total. The molecule has 0 aromatic heterocycles. The molecule has 3 N–H and O–H groups in total. The molecule has 0 spiro atoms. The van der Waals surface area contributed by atoms with Crippen LogP contribution in [0.5, 0.6) is 5.75 Å². The fourth-order valence-electron chi connectivity index (χ4n) is 2.55. The average molecular weight is 536 g/mol. The van der Waals surface area contributed by atoms with Crippen molar-refractivity contribution in [3.63, 3.8) is 0 Å². The number of rotatable bonds is 7. The van der Waals surface area contributed by atoms with Crippen LogP contribution in [0.3, 0.4) is 0 Å². The minimum atomic E-state index is -1.64. The van der Waals surface area contributed by atoms with Crippen molar-refractivity contribution in [3.05, 3.63) is 58.9 Å². The maximum atomic E-state index is 13.6. The van der Waals surface area contributed by atoms with Crippen molar-refractivity contribution in [1.29, 1.82) is 0 Å². The van der Waals surface area contributed by atoms with Gasteiger partial charge in [-0.3, -0.25) is 9.79 Å². The molecule has 0 aliphatic carbocycles. The van der Waals surface area contributed by atoms with E-state index in [0.717, 1.165) is 29.0 Å². The quantitative estimate of drug-likeness (QED) is 0.220. The summed E-state index contributed by atoms with van der Waals surface area (Å²) in [7, 11) is 3.16. The van der Waals surface area contributed by atoms with E-state index in [1.54, 1.807) is 7.11 Å². The zero-order valence-electron chi connectivity index (χ0n) is 16.8. The van der Waals surface area contributed by atoms with Gasteiger partial charge in [-0.05, 0) is 42.7 Å². The lowest BCUT2D eigenvalue weighted by Gasteiger charge is -2.13. The van der Waals surface area contributed by atoms with Crippen LogP contribution in [0.15, 0.2) is 35.3 Å². The Morgan fingerprint density at radius 3 is 2.50 bits per heavy atom. The SMILES string of the molecule is CN=C(NCCc1ccc(C)c(OC)c1)NCC(=O)Nc1ccc(F)c(F)c1F.I. The highest BCUT2D eigenvalue weighted by molar-refractivity contribution is 14.0. The van der Waals surface area contributed by atoms with E-state index in [9.17, 15) is 18.0 Å². The second-order valence-electron chi connectivity index (χ2n) is 6.18. The predicted molar refractivity (Wildman–Crippen MR) is 121 cm³/mol. The van der Waals surface area contributed by atoms with Gasteiger partial charge in [-0.2, -0.15) is 0 Å². The standard InChI is InChI=1S/C20H23F3N4O2.HI/c1-12-4-5-13(10-16(12)29-3)8-9-25-20(24-2)26-11-17(28)27-15-7-6-14(21)18(22)19(15)23;/h4-7,10H,8-9,11H2,1-3H3,(H,27,28)(H2,24,25,26);1H. The molecule has 0 aliphatic rings. The third-order valence-electron chi connectivity index (χ3n) is 4.13. The molecule has 30 heavy (non-hydrogen) atoms. The number of anilines is 1. The van der Waals surface area contributed by atoms with E-state index >= 15 is 0 Å². The van der Waals surface area contributed by atoms with Gasteiger partial charge in [0, 0.05) is 13.6 Å². The number of ether oxygens (including phenoxy) is 1. The van der Waals surface area contributed by atoms with Gasteiger partial charge in [0.15, 0.2) is 23.4 Å². The van der Waals surface area contributed by atoms with Crippen molar-refractivity contribution < 1.29 is 22.7 Å². The highest BCUT2D eigenvalue weighted by atomic mass is 127. The number of aliphatic imine (C=N–C) groups is 1. The Hall–Kier alpha value is -2.50. The number of hydrogen-bond donors (Lipinski definition) is 3. The molecule has 2 aromatic carbocycles. The Morgan fingerprint density at radius 2 is 1.83 bits per heavy atom. The Balaban J connectivity index is 0.00000450. The Kier molecular flexibility index (Phi) is 10.4. The smallest absolute Gasteiger partial charge is 0.243 e. The summed E-state index contributed by atoms with van der Waals surface area (Å²) < 4.78 is 45.0. The number of halogens is 4. The molecular formula is C20H24F3IN4O2. The second kappa shape index (κ2) is 12.3. The Labute approximate surface area is 190 Å². The van der Waals surface area contributed by atoms with Gasteiger partial charge in [-0.25, -0.2) is 13.2 Å². The molecule has 0 fully saturated rings. The maximum Gasteiger partial charge on any atom is 0.243 e. The lowest BCUT2D eigenvalue weighted by Crippen LogP contribution is -2.42. The first-order chi connectivity index (χ1) is 13.8. The molecule has 0 saturated carbocycles. The first-order valence-corrected chi connectivity index (χ1v) is 8.87. The molecule has 1 amide bonds. The third kappa shape index (κ3) is 7.08. The number of hydrogen-bond acceptors (Lipinski definition) is 3. The highest BCUT2D eigenvalue weighted by Gasteiger charge is 2.15. The summed E-state index contributed by atoms with van der Waals surface area (Å²) in [6.45, 7) is 2.27.